The molecule has 6 heteroatoms. The number of aryl methyl sites for hydroxylation is 1. The van der Waals surface area contributed by atoms with Crippen LogP contribution in [0.25, 0.3) is 11.4 Å². The minimum absolute atomic E-state index is 0.0292. The molecule has 1 amide bonds. The molecule has 0 radical (unpaired) electrons. The van der Waals surface area contributed by atoms with Gasteiger partial charge in [0, 0.05) is 17.5 Å². The van der Waals surface area contributed by atoms with Crippen LogP contribution in [0.5, 0.6) is 0 Å². The van der Waals surface area contributed by atoms with Crippen molar-refractivity contribution in [1.29, 1.82) is 0 Å². The van der Waals surface area contributed by atoms with Gasteiger partial charge in [-0.3, -0.25) is 0 Å². The van der Waals surface area contributed by atoms with Gasteiger partial charge in [0.2, 0.25) is 11.7 Å². The Hall–Kier alpha value is -2.37. The van der Waals surface area contributed by atoms with Gasteiger partial charge in [0.15, 0.2) is 0 Å². The van der Waals surface area contributed by atoms with Crippen molar-refractivity contribution < 1.29 is 14.4 Å². The number of unbranched alkanes of at least 4 members (excludes halogenated alkanes) is 7. The second-order valence-corrected chi connectivity index (χ2v) is 8.53. The van der Waals surface area contributed by atoms with Crippen molar-refractivity contribution in [1.82, 2.24) is 15.5 Å². The number of hydrogen-bond donors (Lipinski definition) is 2. The average Bonchev–Trinajstić information content (AvgIpc) is 3.40. The maximum absolute atomic E-state index is 10.8. The minimum atomic E-state index is -0.973. The van der Waals surface area contributed by atoms with Gasteiger partial charge in [0.25, 0.3) is 0 Å². The Bertz CT molecular complexity index is 772. The molecule has 1 aliphatic rings. The van der Waals surface area contributed by atoms with E-state index >= 15 is 0 Å². The van der Waals surface area contributed by atoms with Crippen LogP contribution in [0.3, 0.4) is 0 Å². The number of amides is 1. The number of benzene rings is 1. The molecule has 2 aromatic rings. The van der Waals surface area contributed by atoms with Crippen molar-refractivity contribution in [2.45, 2.75) is 95.9 Å². The van der Waals surface area contributed by atoms with E-state index in [1.54, 1.807) is 0 Å². The van der Waals surface area contributed by atoms with E-state index in [-0.39, 0.29) is 12.0 Å². The lowest BCUT2D eigenvalue weighted by Crippen LogP contribution is -2.31. The van der Waals surface area contributed by atoms with E-state index in [0.717, 1.165) is 24.8 Å². The van der Waals surface area contributed by atoms with Gasteiger partial charge >= 0.3 is 6.09 Å². The fourth-order valence-corrected chi connectivity index (χ4v) is 4.31. The summed E-state index contributed by atoms with van der Waals surface area (Å²) in [6.07, 6.45) is 13.2. The summed E-state index contributed by atoms with van der Waals surface area (Å²) in [4.78, 5) is 15.4. The maximum atomic E-state index is 10.8. The highest BCUT2D eigenvalue weighted by molar-refractivity contribution is 5.64. The molecule has 2 N–H and O–H groups in total. The van der Waals surface area contributed by atoms with E-state index < -0.39 is 6.09 Å². The number of nitrogens with one attached hydrogen (secondary N) is 1. The summed E-state index contributed by atoms with van der Waals surface area (Å²) in [6, 6.07) is 8.43. The third-order valence-corrected chi connectivity index (χ3v) is 6.08. The fraction of sp³-hybridized carbons (Fsp3) is 0.625. The van der Waals surface area contributed by atoms with Crippen LogP contribution in [-0.4, -0.2) is 27.4 Å². The molecule has 0 unspecified atom stereocenters. The molecule has 30 heavy (non-hydrogen) atoms. The number of nitrogens with zero attached hydrogens (tertiary/aromatic N) is 2. The van der Waals surface area contributed by atoms with Crippen molar-refractivity contribution in [3.05, 3.63) is 35.7 Å². The van der Waals surface area contributed by atoms with E-state index in [0.29, 0.717) is 18.1 Å². The van der Waals surface area contributed by atoms with Crippen LogP contribution in [0.15, 0.2) is 28.8 Å². The summed E-state index contributed by atoms with van der Waals surface area (Å²) in [5, 5.41) is 15.6. The Morgan fingerprint density at radius 1 is 1.07 bits per heavy atom. The third kappa shape index (κ3) is 6.85. The predicted molar refractivity (Wildman–Crippen MR) is 118 cm³/mol. The van der Waals surface area contributed by atoms with E-state index in [4.69, 9.17) is 9.63 Å². The maximum Gasteiger partial charge on any atom is 0.404 e. The standard InChI is InChI=1S/C24H35N3O3/c1-2-3-4-5-6-7-8-9-10-18-11-13-19(14-12-18)22-26-23(30-27-22)20-15-16-21(17-20)25-24(28)29/h11-14,20-21,25H,2-10,15-17H2,1H3,(H,28,29)/t20-,21+/m1/s1. The first-order valence-corrected chi connectivity index (χ1v) is 11.6. The quantitative estimate of drug-likeness (QED) is 0.397. The number of carboxylic acid groups (broad SMARTS) is 1. The van der Waals surface area contributed by atoms with Crippen molar-refractivity contribution >= 4 is 6.09 Å². The van der Waals surface area contributed by atoms with Gasteiger partial charge in [-0.1, -0.05) is 81.3 Å². The predicted octanol–water partition coefficient (Wildman–Crippen LogP) is 6.32. The fourth-order valence-electron chi connectivity index (χ4n) is 4.31. The highest BCUT2D eigenvalue weighted by Crippen LogP contribution is 2.34. The average molecular weight is 414 g/mol. The minimum Gasteiger partial charge on any atom is -0.465 e. The highest BCUT2D eigenvalue weighted by atomic mass is 16.5. The first-order chi connectivity index (χ1) is 14.7. The van der Waals surface area contributed by atoms with Crippen LogP contribution in [0, 0.1) is 0 Å². The second-order valence-electron chi connectivity index (χ2n) is 8.53. The number of carbonyl (C=O) groups is 1. The molecule has 6 nitrogen and oxygen atoms in total. The summed E-state index contributed by atoms with van der Waals surface area (Å²) in [5.41, 5.74) is 2.31. The van der Waals surface area contributed by atoms with Crippen molar-refractivity contribution in [3.8, 4) is 11.4 Å². The summed E-state index contributed by atoms with van der Waals surface area (Å²) >= 11 is 0. The molecular formula is C24H35N3O3. The van der Waals surface area contributed by atoms with Gasteiger partial charge in [-0.15, -0.1) is 0 Å². The molecule has 0 saturated heterocycles. The normalized spacial score (nSPS) is 18.6. The molecule has 0 spiro atoms. The molecule has 0 aliphatic heterocycles. The second kappa shape index (κ2) is 11.7. The van der Waals surface area contributed by atoms with Crippen LogP contribution in [0.1, 0.15) is 94.9 Å². The van der Waals surface area contributed by atoms with Crippen LogP contribution >= 0.6 is 0 Å². The van der Waals surface area contributed by atoms with Crippen LogP contribution in [-0.2, 0) is 6.42 Å². The molecule has 1 aromatic heterocycles. The highest BCUT2D eigenvalue weighted by Gasteiger charge is 2.30. The number of rotatable bonds is 12. The van der Waals surface area contributed by atoms with E-state index in [1.165, 1.54) is 56.9 Å². The lowest BCUT2D eigenvalue weighted by atomic mass is 10.0. The molecule has 1 fully saturated rings. The summed E-state index contributed by atoms with van der Waals surface area (Å²) in [6.45, 7) is 2.26. The van der Waals surface area contributed by atoms with Crippen molar-refractivity contribution in [2.75, 3.05) is 0 Å². The van der Waals surface area contributed by atoms with Crippen molar-refractivity contribution in [2.24, 2.45) is 0 Å². The molecule has 164 valence electrons. The van der Waals surface area contributed by atoms with Crippen LogP contribution in [0.2, 0.25) is 0 Å². The van der Waals surface area contributed by atoms with Gasteiger partial charge in [-0.25, -0.2) is 4.79 Å². The summed E-state index contributed by atoms with van der Waals surface area (Å²) in [5.74, 6) is 1.35. The van der Waals surface area contributed by atoms with Crippen LogP contribution in [0.4, 0.5) is 4.79 Å². The Balaban J connectivity index is 1.41. The summed E-state index contributed by atoms with van der Waals surface area (Å²) in [7, 11) is 0. The zero-order valence-electron chi connectivity index (χ0n) is 18.1. The molecule has 1 saturated carbocycles. The van der Waals surface area contributed by atoms with Gasteiger partial charge in [-0.05, 0) is 37.7 Å². The topological polar surface area (TPSA) is 88.2 Å². The Morgan fingerprint density at radius 3 is 2.47 bits per heavy atom. The molecule has 0 bridgehead atoms. The molecular weight excluding hydrogens is 378 g/mol. The Labute approximate surface area is 179 Å². The molecule has 2 atom stereocenters. The third-order valence-electron chi connectivity index (χ3n) is 6.08. The van der Waals surface area contributed by atoms with E-state index in [9.17, 15) is 4.79 Å². The lowest BCUT2D eigenvalue weighted by Gasteiger charge is -2.08. The lowest BCUT2D eigenvalue weighted by molar-refractivity contribution is 0.190. The van der Waals surface area contributed by atoms with Crippen LogP contribution < -0.4 is 5.32 Å². The monoisotopic (exact) mass is 413 g/mol. The first kappa shape index (κ1) is 22.3. The van der Waals surface area contributed by atoms with E-state index in [2.05, 4.69) is 46.6 Å². The van der Waals surface area contributed by atoms with Crippen molar-refractivity contribution in [3.63, 3.8) is 0 Å². The molecule has 1 aliphatic carbocycles. The Kier molecular flexibility index (Phi) is 8.72. The zero-order chi connectivity index (χ0) is 21.2. The first-order valence-electron chi connectivity index (χ1n) is 11.6. The number of aromatic nitrogens is 2. The van der Waals surface area contributed by atoms with Gasteiger partial charge in [0.1, 0.15) is 0 Å². The van der Waals surface area contributed by atoms with Gasteiger partial charge in [-0.2, -0.15) is 4.98 Å². The SMILES string of the molecule is CCCCCCCCCCc1ccc(-c2noc([C@@H]3CC[C@H](NC(=O)O)C3)n2)cc1. The van der Waals surface area contributed by atoms with E-state index in [1.807, 2.05) is 0 Å². The molecule has 3 rings (SSSR count). The van der Waals surface area contributed by atoms with Gasteiger partial charge in [0.05, 0.1) is 0 Å². The largest absolute Gasteiger partial charge is 0.465 e. The molecule has 1 heterocycles. The zero-order valence-corrected chi connectivity index (χ0v) is 18.1. The summed E-state index contributed by atoms with van der Waals surface area (Å²) < 4.78 is 5.48. The number of hydrogen-bond acceptors (Lipinski definition) is 4. The molecule has 1 aromatic carbocycles. The Morgan fingerprint density at radius 2 is 1.77 bits per heavy atom. The van der Waals surface area contributed by atoms with Gasteiger partial charge < -0.3 is 14.9 Å². The smallest absolute Gasteiger partial charge is 0.404 e.